The van der Waals surface area contributed by atoms with E-state index < -0.39 is 5.97 Å². The topological polar surface area (TPSA) is 76.1 Å². The summed E-state index contributed by atoms with van der Waals surface area (Å²) in [6, 6.07) is 4.35. The van der Waals surface area contributed by atoms with Crippen LogP contribution in [-0.4, -0.2) is 35.7 Å². The Morgan fingerprint density at radius 3 is 2.82 bits per heavy atom. The maximum Gasteiger partial charge on any atom is 0.338 e. The van der Waals surface area contributed by atoms with E-state index in [2.05, 4.69) is 0 Å². The molecule has 0 radical (unpaired) electrons. The fraction of sp³-hybridized carbons (Fsp3) is 0.412. The molecule has 1 N–H and O–H groups in total. The van der Waals surface area contributed by atoms with Crippen molar-refractivity contribution in [1.82, 2.24) is 0 Å². The van der Waals surface area contributed by atoms with Crippen LogP contribution in [0.4, 0.5) is 0 Å². The van der Waals surface area contributed by atoms with Gasteiger partial charge in [0.2, 0.25) is 0 Å². The van der Waals surface area contributed by atoms with Gasteiger partial charge < -0.3 is 14.6 Å². The number of benzene rings is 1. The van der Waals surface area contributed by atoms with E-state index in [1.165, 1.54) is 24.3 Å². The number of carbonyl (C=O) groups is 2. The molecule has 116 valence electrons. The third-order valence-corrected chi connectivity index (χ3v) is 3.92. The van der Waals surface area contributed by atoms with E-state index in [4.69, 9.17) is 9.47 Å². The molecule has 1 aromatic carbocycles. The van der Waals surface area contributed by atoms with Gasteiger partial charge in [0, 0.05) is 12.8 Å². The fourth-order valence-corrected chi connectivity index (χ4v) is 2.68. The molecule has 1 fully saturated rings. The fourth-order valence-electron chi connectivity index (χ4n) is 2.68. The number of carbonyl (C=O) groups excluding carboxylic acids is 2. The third-order valence-electron chi connectivity index (χ3n) is 3.92. The van der Waals surface area contributed by atoms with Gasteiger partial charge in [0.25, 0.3) is 0 Å². The van der Waals surface area contributed by atoms with Gasteiger partial charge in [-0.15, -0.1) is 0 Å². The highest BCUT2D eigenvalue weighted by atomic mass is 16.6. The number of epoxide rings is 1. The highest BCUT2D eigenvalue weighted by Crippen LogP contribution is 2.30. The minimum Gasteiger partial charge on any atom is -0.508 e. The molecule has 0 aromatic heterocycles. The molecule has 0 saturated carbocycles. The number of allylic oxidation sites excluding steroid dienone is 2. The summed E-state index contributed by atoms with van der Waals surface area (Å²) in [7, 11) is 0. The molecular formula is C17H18O5. The predicted molar refractivity (Wildman–Crippen MR) is 78.8 cm³/mol. The summed E-state index contributed by atoms with van der Waals surface area (Å²) in [4.78, 5) is 24.1. The maximum absolute atomic E-state index is 12.1. The Bertz CT molecular complexity index is 619. The van der Waals surface area contributed by atoms with Gasteiger partial charge in [0.05, 0.1) is 24.4 Å². The van der Waals surface area contributed by atoms with Crippen LogP contribution < -0.4 is 0 Å². The van der Waals surface area contributed by atoms with Gasteiger partial charge in [0.1, 0.15) is 5.75 Å². The quantitative estimate of drug-likeness (QED) is 0.587. The van der Waals surface area contributed by atoms with Crippen LogP contribution in [-0.2, 0) is 20.7 Å². The van der Waals surface area contributed by atoms with Gasteiger partial charge in [-0.2, -0.15) is 0 Å². The average molecular weight is 302 g/mol. The van der Waals surface area contributed by atoms with E-state index in [0.29, 0.717) is 24.2 Å². The van der Waals surface area contributed by atoms with E-state index in [0.717, 1.165) is 12.8 Å². The van der Waals surface area contributed by atoms with E-state index in [-0.39, 0.29) is 30.2 Å². The zero-order valence-electron chi connectivity index (χ0n) is 12.2. The summed E-state index contributed by atoms with van der Waals surface area (Å²) in [5, 5.41) is 9.57. The van der Waals surface area contributed by atoms with Crippen molar-refractivity contribution in [1.29, 1.82) is 0 Å². The molecule has 22 heavy (non-hydrogen) atoms. The van der Waals surface area contributed by atoms with E-state index in [9.17, 15) is 14.7 Å². The van der Waals surface area contributed by atoms with Crippen molar-refractivity contribution in [2.24, 2.45) is 0 Å². The number of hydrogen-bond donors (Lipinski definition) is 1. The molecule has 5 nitrogen and oxygen atoms in total. The summed E-state index contributed by atoms with van der Waals surface area (Å²) < 4.78 is 10.8. The molecule has 0 spiro atoms. The van der Waals surface area contributed by atoms with Crippen molar-refractivity contribution in [2.45, 2.75) is 37.9 Å². The second kappa shape index (κ2) is 6.32. The lowest BCUT2D eigenvalue weighted by molar-refractivity contribution is -0.114. The first-order valence-electron chi connectivity index (χ1n) is 7.47. The smallest absolute Gasteiger partial charge is 0.338 e. The molecular weight excluding hydrogens is 284 g/mol. The zero-order chi connectivity index (χ0) is 15.5. The molecule has 1 aromatic rings. The van der Waals surface area contributed by atoms with Crippen LogP contribution in [0.2, 0.25) is 0 Å². The number of cyclic esters (lactones) is 1. The normalized spacial score (nSPS) is 27.1. The van der Waals surface area contributed by atoms with Crippen molar-refractivity contribution in [3.05, 3.63) is 41.5 Å². The molecule has 2 aliphatic rings. The predicted octanol–water partition coefficient (Wildman–Crippen LogP) is 2.17. The highest BCUT2D eigenvalue weighted by molar-refractivity contribution is 5.96. The number of ether oxygens (including phenoxy) is 2. The lowest BCUT2D eigenvalue weighted by Gasteiger charge is -2.09. The van der Waals surface area contributed by atoms with E-state index >= 15 is 0 Å². The Kier molecular flexibility index (Phi) is 4.24. The average Bonchev–Trinajstić information content (AvgIpc) is 3.21. The van der Waals surface area contributed by atoms with Gasteiger partial charge >= 0.3 is 5.97 Å². The van der Waals surface area contributed by atoms with E-state index in [1.54, 1.807) is 0 Å². The molecule has 2 unspecified atom stereocenters. The second-order valence-electron chi connectivity index (χ2n) is 5.60. The van der Waals surface area contributed by atoms with Crippen molar-refractivity contribution >= 4 is 11.8 Å². The first-order chi connectivity index (χ1) is 10.6. The number of phenols is 1. The molecule has 3 rings (SSSR count). The largest absolute Gasteiger partial charge is 0.508 e. The SMILES string of the molecule is O=C1/C=C/CCC2OC2CCOC(=O)c2ccc(O)cc2C1. The number of ketones is 1. The third kappa shape index (κ3) is 3.54. The van der Waals surface area contributed by atoms with Crippen LogP contribution in [0.1, 0.15) is 35.2 Å². The molecule has 0 aliphatic carbocycles. The van der Waals surface area contributed by atoms with Crippen molar-refractivity contribution in [3.63, 3.8) is 0 Å². The Labute approximate surface area is 128 Å². The lowest BCUT2D eigenvalue weighted by Crippen LogP contribution is -2.13. The summed E-state index contributed by atoms with van der Waals surface area (Å²) in [6.45, 7) is 0.296. The van der Waals surface area contributed by atoms with Crippen molar-refractivity contribution in [3.8, 4) is 5.75 Å². The summed E-state index contributed by atoms with van der Waals surface area (Å²) in [5.74, 6) is -0.551. The van der Waals surface area contributed by atoms with Crippen LogP contribution >= 0.6 is 0 Å². The molecule has 5 heteroatoms. The first kappa shape index (κ1) is 14.8. The van der Waals surface area contributed by atoms with Crippen molar-refractivity contribution < 1.29 is 24.2 Å². The first-order valence-corrected chi connectivity index (χ1v) is 7.47. The Balaban J connectivity index is 1.82. The van der Waals surface area contributed by atoms with Crippen molar-refractivity contribution in [2.75, 3.05) is 6.61 Å². The monoisotopic (exact) mass is 302 g/mol. The molecule has 1 saturated heterocycles. The van der Waals surface area contributed by atoms with Crippen LogP contribution in [0.25, 0.3) is 0 Å². The molecule has 2 aliphatic heterocycles. The van der Waals surface area contributed by atoms with Gasteiger partial charge in [0.15, 0.2) is 5.78 Å². The van der Waals surface area contributed by atoms with E-state index in [1.807, 2.05) is 6.08 Å². The highest BCUT2D eigenvalue weighted by Gasteiger charge is 2.37. The van der Waals surface area contributed by atoms with Crippen LogP contribution in [0, 0.1) is 0 Å². The Morgan fingerprint density at radius 1 is 1.14 bits per heavy atom. The molecule has 2 atom stereocenters. The number of phenolic OH excluding ortho intramolecular Hbond substituents is 1. The summed E-state index contributed by atoms with van der Waals surface area (Å²) in [6.07, 6.45) is 6.16. The number of aromatic hydroxyl groups is 1. The molecule has 2 heterocycles. The van der Waals surface area contributed by atoms with Crippen LogP contribution in [0.3, 0.4) is 0 Å². The van der Waals surface area contributed by atoms with Gasteiger partial charge in [-0.3, -0.25) is 4.79 Å². The number of hydrogen-bond acceptors (Lipinski definition) is 5. The minimum atomic E-state index is -0.471. The number of esters is 1. The van der Waals surface area contributed by atoms with Gasteiger partial charge in [-0.1, -0.05) is 6.08 Å². The second-order valence-corrected chi connectivity index (χ2v) is 5.60. The molecule has 0 amide bonds. The zero-order valence-corrected chi connectivity index (χ0v) is 12.2. The van der Waals surface area contributed by atoms with Gasteiger partial charge in [-0.05, 0) is 42.7 Å². The van der Waals surface area contributed by atoms with Gasteiger partial charge in [-0.25, -0.2) is 4.79 Å². The summed E-state index contributed by atoms with van der Waals surface area (Å²) >= 11 is 0. The Morgan fingerprint density at radius 2 is 1.95 bits per heavy atom. The van der Waals surface area contributed by atoms with Crippen LogP contribution in [0.5, 0.6) is 5.75 Å². The minimum absolute atomic E-state index is 0.0265. The summed E-state index contributed by atoms with van der Waals surface area (Å²) in [5.41, 5.74) is 0.808. The molecule has 0 bridgehead atoms. The standard InChI is InChI=1S/C17H18O5/c18-12-3-1-2-4-15-16(22-15)7-8-21-17(20)14-6-5-13(19)10-11(14)9-12/h1,3,5-6,10,15-16,19H,2,4,7-9H2/b3-1+. The number of fused-ring (bicyclic) bond motifs is 2. The lowest BCUT2D eigenvalue weighted by atomic mass is 10.0. The van der Waals surface area contributed by atoms with Crippen LogP contribution in [0.15, 0.2) is 30.4 Å². The maximum atomic E-state index is 12.1. The Hall–Kier alpha value is -2.14. The number of rotatable bonds is 0.